The minimum atomic E-state index is -0.225. The molecule has 0 saturated heterocycles. The summed E-state index contributed by atoms with van der Waals surface area (Å²) in [6, 6.07) is 4.89. The Hall–Kier alpha value is -2.77. The Balaban J connectivity index is 3.11. The van der Waals surface area contributed by atoms with E-state index in [2.05, 4.69) is 15.3 Å². The van der Waals surface area contributed by atoms with Crippen LogP contribution in [0.25, 0.3) is 0 Å². The highest BCUT2D eigenvalue weighted by Gasteiger charge is 2.06. The van der Waals surface area contributed by atoms with Crippen molar-refractivity contribution in [2.75, 3.05) is 12.4 Å². The molecule has 0 bridgehead atoms. The molecule has 0 saturated carbocycles. The van der Waals surface area contributed by atoms with Crippen LogP contribution in [0.1, 0.15) is 6.92 Å². The van der Waals surface area contributed by atoms with Crippen molar-refractivity contribution in [2.45, 2.75) is 6.92 Å². The van der Waals surface area contributed by atoms with Crippen LogP contribution in [0.3, 0.4) is 0 Å². The molecule has 1 amide bonds. The van der Waals surface area contributed by atoms with E-state index >= 15 is 0 Å². The summed E-state index contributed by atoms with van der Waals surface area (Å²) in [7, 11) is 1.50. The number of aliphatic imine (C=N–C) groups is 2. The number of carbonyl (C=O) groups is 1. The number of carbonyl (C=O) groups excluding carboxylic acids is 1. The van der Waals surface area contributed by atoms with Gasteiger partial charge in [-0.25, -0.2) is 4.99 Å². The van der Waals surface area contributed by atoms with E-state index in [4.69, 9.17) is 21.9 Å². The molecule has 0 radical (unpaired) electrons. The maximum Gasteiger partial charge on any atom is 0.223 e. The molecule has 7 N–H and O–H groups in total. The molecular formula is C11H16N6O2. The lowest BCUT2D eigenvalue weighted by atomic mass is 10.2. The van der Waals surface area contributed by atoms with Crippen LogP contribution in [0, 0.1) is 0 Å². The van der Waals surface area contributed by atoms with Gasteiger partial charge in [0, 0.05) is 6.92 Å². The van der Waals surface area contributed by atoms with Crippen LogP contribution in [0.15, 0.2) is 28.2 Å². The molecule has 19 heavy (non-hydrogen) atoms. The van der Waals surface area contributed by atoms with Crippen LogP contribution in [0.4, 0.5) is 11.4 Å². The van der Waals surface area contributed by atoms with Crippen LogP contribution in [-0.2, 0) is 4.79 Å². The molecule has 0 atom stereocenters. The number of hydrogen-bond donors (Lipinski definition) is 4. The van der Waals surface area contributed by atoms with E-state index in [0.717, 1.165) is 0 Å². The Bertz CT molecular complexity index is 534. The number of amides is 1. The fourth-order valence-corrected chi connectivity index (χ4v) is 1.34. The minimum absolute atomic E-state index is 0.0843. The first-order chi connectivity index (χ1) is 8.92. The molecule has 0 spiro atoms. The summed E-state index contributed by atoms with van der Waals surface area (Å²) in [5.41, 5.74) is 16.8. The second-order valence-corrected chi connectivity index (χ2v) is 3.57. The minimum Gasteiger partial charge on any atom is -0.495 e. The van der Waals surface area contributed by atoms with Crippen molar-refractivity contribution in [3.05, 3.63) is 18.2 Å². The third-order valence-corrected chi connectivity index (χ3v) is 1.98. The number of rotatable bonds is 3. The molecule has 8 nitrogen and oxygen atoms in total. The number of anilines is 1. The van der Waals surface area contributed by atoms with Gasteiger partial charge in [-0.1, -0.05) is 0 Å². The Kier molecular flexibility index (Phi) is 4.69. The van der Waals surface area contributed by atoms with E-state index in [0.29, 0.717) is 17.1 Å². The zero-order chi connectivity index (χ0) is 14.4. The van der Waals surface area contributed by atoms with Gasteiger partial charge < -0.3 is 27.3 Å². The molecule has 1 aromatic carbocycles. The zero-order valence-corrected chi connectivity index (χ0v) is 10.7. The molecule has 0 aromatic heterocycles. The second kappa shape index (κ2) is 6.24. The van der Waals surface area contributed by atoms with Crippen molar-refractivity contribution in [3.8, 4) is 5.75 Å². The standard InChI is InChI=1S/C11H16N6O2/c1-6(18)15-8-5-7(3-4-9(8)19-2)16-11(14)17-10(12)13/h3-5H,1-2H3,(H,15,18)(H6,12,13,14,16,17). The van der Waals surface area contributed by atoms with Crippen LogP contribution in [0.2, 0.25) is 0 Å². The smallest absolute Gasteiger partial charge is 0.223 e. The molecule has 0 unspecified atom stereocenters. The first kappa shape index (κ1) is 14.3. The first-order valence-corrected chi connectivity index (χ1v) is 5.31. The summed E-state index contributed by atoms with van der Waals surface area (Å²) in [6.07, 6.45) is 0. The molecular weight excluding hydrogens is 248 g/mol. The van der Waals surface area contributed by atoms with Crippen molar-refractivity contribution in [2.24, 2.45) is 27.2 Å². The lowest BCUT2D eigenvalue weighted by Crippen LogP contribution is -2.26. The molecule has 0 heterocycles. The Labute approximate surface area is 110 Å². The maximum absolute atomic E-state index is 11.1. The molecule has 1 rings (SSSR count). The van der Waals surface area contributed by atoms with E-state index in [1.165, 1.54) is 14.0 Å². The van der Waals surface area contributed by atoms with Gasteiger partial charge in [-0.05, 0) is 18.2 Å². The van der Waals surface area contributed by atoms with Crippen LogP contribution in [0.5, 0.6) is 5.75 Å². The van der Waals surface area contributed by atoms with Gasteiger partial charge in [0.05, 0.1) is 18.5 Å². The molecule has 1 aromatic rings. The molecule has 8 heteroatoms. The van der Waals surface area contributed by atoms with E-state index < -0.39 is 0 Å². The summed E-state index contributed by atoms with van der Waals surface area (Å²) in [5, 5.41) is 2.62. The van der Waals surface area contributed by atoms with E-state index in [1.807, 2.05) is 0 Å². The molecule has 0 aliphatic heterocycles. The number of nitrogens with one attached hydrogen (secondary N) is 1. The van der Waals surface area contributed by atoms with Gasteiger partial charge in [-0.2, -0.15) is 4.99 Å². The number of benzene rings is 1. The van der Waals surface area contributed by atoms with Crippen molar-refractivity contribution >= 4 is 29.2 Å². The number of hydrogen-bond acceptors (Lipinski definition) is 3. The summed E-state index contributed by atoms with van der Waals surface area (Å²) in [6.45, 7) is 1.39. The van der Waals surface area contributed by atoms with Crippen molar-refractivity contribution in [1.82, 2.24) is 0 Å². The SMILES string of the molecule is COc1ccc(N=C(N)N=C(N)N)cc1NC(C)=O. The van der Waals surface area contributed by atoms with Crippen molar-refractivity contribution in [1.29, 1.82) is 0 Å². The molecule has 0 aliphatic rings. The van der Waals surface area contributed by atoms with Gasteiger partial charge in [0.25, 0.3) is 0 Å². The Morgan fingerprint density at radius 1 is 1.32 bits per heavy atom. The zero-order valence-electron chi connectivity index (χ0n) is 10.7. The summed E-state index contributed by atoms with van der Waals surface area (Å²) in [5.74, 6) is 0.0157. The third kappa shape index (κ3) is 4.54. The number of nitrogens with zero attached hydrogens (tertiary/aromatic N) is 2. The van der Waals surface area contributed by atoms with Crippen LogP contribution >= 0.6 is 0 Å². The monoisotopic (exact) mass is 264 g/mol. The normalized spacial score (nSPS) is 10.7. The van der Waals surface area contributed by atoms with Crippen molar-refractivity contribution in [3.63, 3.8) is 0 Å². The Morgan fingerprint density at radius 3 is 2.53 bits per heavy atom. The van der Waals surface area contributed by atoms with Gasteiger partial charge in [0.1, 0.15) is 5.75 Å². The summed E-state index contributed by atoms with van der Waals surface area (Å²) in [4.78, 5) is 18.6. The number of methoxy groups -OCH3 is 1. The fourth-order valence-electron chi connectivity index (χ4n) is 1.34. The summed E-state index contributed by atoms with van der Waals surface area (Å²) >= 11 is 0. The Morgan fingerprint density at radius 2 is 2.00 bits per heavy atom. The van der Waals surface area contributed by atoms with E-state index in [9.17, 15) is 4.79 Å². The largest absolute Gasteiger partial charge is 0.495 e. The second-order valence-electron chi connectivity index (χ2n) is 3.57. The van der Waals surface area contributed by atoms with Gasteiger partial charge in [0.15, 0.2) is 5.96 Å². The van der Waals surface area contributed by atoms with Crippen molar-refractivity contribution < 1.29 is 9.53 Å². The lowest BCUT2D eigenvalue weighted by molar-refractivity contribution is -0.114. The average Bonchev–Trinajstić information content (AvgIpc) is 2.27. The van der Waals surface area contributed by atoms with Crippen LogP contribution in [-0.4, -0.2) is 24.9 Å². The highest BCUT2D eigenvalue weighted by molar-refractivity contribution is 5.94. The topological polar surface area (TPSA) is 141 Å². The van der Waals surface area contributed by atoms with Gasteiger partial charge in [0.2, 0.25) is 11.9 Å². The number of guanidine groups is 2. The molecule has 0 aliphatic carbocycles. The number of ether oxygens (including phenoxy) is 1. The third-order valence-electron chi connectivity index (χ3n) is 1.98. The van der Waals surface area contributed by atoms with Gasteiger partial charge in [-0.3, -0.25) is 4.79 Å². The van der Waals surface area contributed by atoms with E-state index in [1.54, 1.807) is 18.2 Å². The quantitative estimate of drug-likeness (QED) is 0.444. The molecule has 0 fully saturated rings. The molecule has 102 valence electrons. The highest BCUT2D eigenvalue weighted by Crippen LogP contribution is 2.29. The predicted molar refractivity (Wildman–Crippen MR) is 74.4 cm³/mol. The van der Waals surface area contributed by atoms with Crippen LogP contribution < -0.4 is 27.3 Å². The summed E-state index contributed by atoms with van der Waals surface area (Å²) < 4.78 is 5.11. The lowest BCUT2D eigenvalue weighted by Gasteiger charge is -2.09. The number of nitrogens with two attached hydrogens (primary N) is 3. The highest BCUT2D eigenvalue weighted by atomic mass is 16.5. The fraction of sp³-hybridized carbons (Fsp3) is 0.182. The predicted octanol–water partition coefficient (Wildman–Crippen LogP) is -0.127. The van der Waals surface area contributed by atoms with Gasteiger partial charge >= 0.3 is 0 Å². The first-order valence-electron chi connectivity index (χ1n) is 5.31. The average molecular weight is 264 g/mol. The maximum atomic E-state index is 11.1. The van der Waals surface area contributed by atoms with E-state index in [-0.39, 0.29) is 17.8 Å². The van der Waals surface area contributed by atoms with Gasteiger partial charge in [-0.15, -0.1) is 0 Å².